The second kappa shape index (κ2) is 5.43. The Morgan fingerprint density at radius 1 is 1.15 bits per heavy atom. The van der Waals surface area contributed by atoms with Crippen LogP contribution < -0.4 is 4.74 Å². The van der Waals surface area contributed by atoms with Crippen LogP contribution in [0, 0.1) is 6.92 Å². The van der Waals surface area contributed by atoms with Crippen LogP contribution in [0.3, 0.4) is 0 Å². The van der Waals surface area contributed by atoms with E-state index in [0.29, 0.717) is 11.0 Å². The van der Waals surface area contributed by atoms with Crippen molar-refractivity contribution in [3.63, 3.8) is 0 Å². The number of nitrogens with zero attached hydrogens (tertiary/aromatic N) is 3. The maximum Gasteiger partial charge on any atom is 0.167 e. The largest absolute Gasteiger partial charge is 0.486 e. The monoisotopic (exact) mass is 285 g/mol. The molecule has 3 aromatic rings. The van der Waals surface area contributed by atoms with E-state index in [0.717, 1.165) is 22.3 Å². The first-order valence-electron chi connectivity index (χ1n) is 6.18. The summed E-state index contributed by atoms with van der Waals surface area (Å²) in [5, 5.41) is 1.51. The summed E-state index contributed by atoms with van der Waals surface area (Å²) in [7, 11) is 0. The van der Waals surface area contributed by atoms with Crippen molar-refractivity contribution in [1.82, 2.24) is 15.0 Å². The molecule has 0 aliphatic heterocycles. The highest BCUT2D eigenvalue weighted by molar-refractivity contribution is 6.29. The van der Waals surface area contributed by atoms with E-state index in [4.69, 9.17) is 16.3 Å². The maximum atomic E-state index is 5.89. The van der Waals surface area contributed by atoms with E-state index in [1.165, 1.54) is 0 Å². The van der Waals surface area contributed by atoms with Crippen LogP contribution in [0.15, 0.2) is 42.6 Å². The van der Waals surface area contributed by atoms with Gasteiger partial charge in [-0.05, 0) is 31.2 Å². The van der Waals surface area contributed by atoms with Gasteiger partial charge in [-0.1, -0.05) is 17.7 Å². The van der Waals surface area contributed by atoms with Crippen LogP contribution in [-0.2, 0) is 6.61 Å². The molecule has 0 aliphatic rings. The molecule has 0 saturated carbocycles. The van der Waals surface area contributed by atoms with Crippen LogP contribution in [0.2, 0.25) is 5.15 Å². The zero-order valence-electron chi connectivity index (χ0n) is 10.9. The van der Waals surface area contributed by atoms with E-state index >= 15 is 0 Å². The van der Waals surface area contributed by atoms with Crippen LogP contribution in [0.1, 0.15) is 11.5 Å². The molecule has 1 aromatic carbocycles. The van der Waals surface area contributed by atoms with Gasteiger partial charge in [0.1, 0.15) is 17.5 Å². The number of hydrogen-bond acceptors (Lipinski definition) is 4. The predicted molar refractivity (Wildman–Crippen MR) is 77.9 cm³/mol. The number of ether oxygens (including phenoxy) is 1. The SMILES string of the molecule is Cc1cc(Cl)nc(COc2ccc3cccnc3c2)n1. The molecule has 0 bridgehead atoms. The van der Waals surface area contributed by atoms with Crippen LogP contribution in [-0.4, -0.2) is 15.0 Å². The molecule has 0 N–H and O–H groups in total. The standard InChI is InChI=1S/C15H12ClN3O/c1-10-7-14(16)19-15(18-10)9-20-12-5-4-11-3-2-6-17-13(11)8-12/h2-8H,9H2,1H3. The second-order valence-electron chi connectivity index (χ2n) is 4.39. The summed E-state index contributed by atoms with van der Waals surface area (Å²) in [6.45, 7) is 2.15. The summed E-state index contributed by atoms with van der Waals surface area (Å²) in [5.41, 5.74) is 1.72. The minimum absolute atomic E-state index is 0.278. The van der Waals surface area contributed by atoms with E-state index in [9.17, 15) is 0 Å². The fourth-order valence-corrected chi connectivity index (χ4v) is 2.19. The van der Waals surface area contributed by atoms with E-state index in [1.54, 1.807) is 12.3 Å². The van der Waals surface area contributed by atoms with Crippen LogP contribution in [0.5, 0.6) is 5.75 Å². The molecule has 0 radical (unpaired) electrons. The van der Waals surface area contributed by atoms with Crippen molar-refractivity contribution in [3.05, 3.63) is 59.3 Å². The Balaban J connectivity index is 1.79. The molecule has 4 nitrogen and oxygen atoms in total. The quantitative estimate of drug-likeness (QED) is 0.690. The fraction of sp³-hybridized carbons (Fsp3) is 0.133. The van der Waals surface area contributed by atoms with Gasteiger partial charge in [0.05, 0.1) is 5.52 Å². The maximum absolute atomic E-state index is 5.89. The Morgan fingerprint density at radius 2 is 2.05 bits per heavy atom. The average molecular weight is 286 g/mol. The first-order chi connectivity index (χ1) is 9.70. The normalized spacial score (nSPS) is 10.7. The minimum atomic E-state index is 0.278. The molecule has 2 heterocycles. The topological polar surface area (TPSA) is 47.9 Å². The van der Waals surface area contributed by atoms with Gasteiger partial charge in [-0.25, -0.2) is 9.97 Å². The van der Waals surface area contributed by atoms with Gasteiger partial charge in [0.25, 0.3) is 0 Å². The minimum Gasteiger partial charge on any atom is -0.486 e. The molecule has 100 valence electrons. The number of pyridine rings is 1. The van der Waals surface area contributed by atoms with Gasteiger partial charge in [-0.2, -0.15) is 0 Å². The Bertz CT molecular complexity index is 741. The molecule has 5 heteroatoms. The lowest BCUT2D eigenvalue weighted by Crippen LogP contribution is -2.02. The summed E-state index contributed by atoms with van der Waals surface area (Å²) < 4.78 is 5.69. The molecule has 3 rings (SSSR count). The zero-order valence-corrected chi connectivity index (χ0v) is 11.6. The van der Waals surface area contributed by atoms with Gasteiger partial charge in [0.15, 0.2) is 5.82 Å². The van der Waals surface area contributed by atoms with Crippen molar-refractivity contribution < 1.29 is 4.74 Å². The highest BCUT2D eigenvalue weighted by atomic mass is 35.5. The molecule has 0 saturated heterocycles. The highest BCUT2D eigenvalue weighted by Gasteiger charge is 2.03. The Morgan fingerprint density at radius 3 is 2.90 bits per heavy atom. The molecular formula is C15H12ClN3O. The molecule has 0 spiro atoms. The highest BCUT2D eigenvalue weighted by Crippen LogP contribution is 2.19. The Hall–Kier alpha value is -2.20. The lowest BCUT2D eigenvalue weighted by molar-refractivity contribution is 0.296. The molecule has 0 amide bonds. The van der Waals surface area contributed by atoms with E-state index in [1.807, 2.05) is 37.3 Å². The summed E-state index contributed by atoms with van der Waals surface area (Å²) in [5.74, 6) is 1.30. The smallest absolute Gasteiger partial charge is 0.167 e. The Kier molecular flexibility index (Phi) is 3.48. The average Bonchev–Trinajstić information content (AvgIpc) is 2.44. The summed E-state index contributed by atoms with van der Waals surface area (Å²) in [4.78, 5) is 12.7. The molecular weight excluding hydrogens is 274 g/mol. The third-order valence-electron chi connectivity index (χ3n) is 2.81. The van der Waals surface area contributed by atoms with Crippen molar-refractivity contribution in [1.29, 1.82) is 0 Å². The van der Waals surface area contributed by atoms with Crippen molar-refractivity contribution in [2.75, 3.05) is 0 Å². The van der Waals surface area contributed by atoms with Gasteiger partial charge in [-0.15, -0.1) is 0 Å². The third kappa shape index (κ3) is 2.86. The molecule has 20 heavy (non-hydrogen) atoms. The van der Waals surface area contributed by atoms with E-state index in [-0.39, 0.29) is 6.61 Å². The molecule has 0 fully saturated rings. The van der Waals surface area contributed by atoms with Crippen molar-refractivity contribution >= 4 is 22.5 Å². The lowest BCUT2D eigenvalue weighted by atomic mass is 10.2. The number of fused-ring (bicyclic) bond motifs is 1. The molecule has 2 aromatic heterocycles. The third-order valence-corrected chi connectivity index (χ3v) is 3.01. The molecule has 0 atom stereocenters. The number of rotatable bonds is 3. The summed E-state index contributed by atoms with van der Waals surface area (Å²) in [6, 6.07) is 11.4. The van der Waals surface area contributed by atoms with Crippen molar-refractivity contribution in [3.8, 4) is 5.75 Å². The number of halogens is 1. The summed E-state index contributed by atoms with van der Waals surface area (Å²) >= 11 is 5.89. The van der Waals surface area contributed by atoms with E-state index in [2.05, 4.69) is 15.0 Å². The number of aromatic nitrogens is 3. The van der Waals surface area contributed by atoms with Gasteiger partial charge in [-0.3, -0.25) is 4.98 Å². The van der Waals surface area contributed by atoms with Crippen LogP contribution in [0.25, 0.3) is 10.9 Å². The first kappa shape index (κ1) is 12.8. The van der Waals surface area contributed by atoms with Gasteiger partial charge in [0, 0.05) is 23.3 Å². The lowest BCUT2D eigenvalue weighted by Gasteiger charge is -2.07. The Labute approximate surface area is 121 Å². The van der Waals surface area contributed by atoms with Gasteiger partial charge < -0.3 is 4.74 Å². The second-order valence-corrected chi connectivity index (χ2v) is 4.78. The van der Waals surface area contributed by atoms with E-state index < -0.39 is 0 Å². The van der Waals surface area contributed by atoms with Crippen LogP contribution in [0.4, 0.5) is 0 Å². The molecule has 0 aliphatic carbocycles. The van der Waals surface area contributed by atoms with Crippen molar-refractivity contribution in [2.45, 2.75) is 13.5 Å². The van der Waals surface area contributed by atoms with Crippen LogP contribution >= 0.6 is 11.6 Å². The van der Waals surface area contributed by atoms with Crippen molar-refractivity contribution in [2.24, 2.45) is 0 Å². The summed E-state index contributed by atoms with van der Waals surface area (Å²) in [6.07, 6.45) is 1.76. The first-order valence-corrected chi connectivity index (χ1v) is 6.56. The number of hydrogen-bond donors (Lipinski definition) is 0. The number of benzene rings is 1. The molecule has 0 unspecified atom stereocenters. The van der Waals surface area contributed by atoms with Gasteiger partial charge >= 0.3 is 0 Å². The predicted octanol–water partition coefficient (Wildman–Crippen LogP) is 3.57. The zero-order chi connectivity index (χ0) is 13.9. The van der Waals surface area contributed by atoms with Gasteiger partial charge in [0.2, 0.25) is 0 Å². The number of aryl methyl sites for hydroxylation is 1. The fourth-order valence-electron chi connectivity index (χ4n) is 1.94.